The van der Waals surface area contributed by atoms with Crippen LogP contribution in [0.1, 0.15) is 96.0 Å². The lowest BCUT2D eigenvalue weighted by Crippen LogP contribution is -2.54. The highest BCUT2D eigenvalue weighted by Crippen LogP contribution is 2.35. The molecule has 17 rings (SSSR count). The first kappa shape index (κ1) is 95.6. The molecule has 618 valence electrons. The van der Waals surface area contributed by atoms with E-state index in [0.29, 0.717) is 45.4 Å². The summed E-state index contributed by atoms with van der Waals surface area (Å²) in [6.45, 7) is 28.5. The van der Waals surface area contributed by atoms with E-state index in [0.717, 1.165) is 145 Å². The zero-order valence-electron chi connectivity index (χ0n) is 66.5. The molecule has 3 saturated heterocycles. The average Bonchev–Trinajstić information content (AvgIpc) is 0.908. The molecule has 0 radical (unpaired) electrons. The number of amides is 1. The number of halogens is 5. The predicted octanol–water partition coefficient (Wildman–Crippen LogP) is 22.4. The van der Waals surface area contributed by atoms with E-state index in [1.165, 1.54) is 47.7 Å². The molecular formula is C93H106BrCl4N15O3S2. The first-order chi connectivity index (χ1) is 56.4. The van der Waals surface area contributed by atoms with Crippen molar-refractivity contribution in [2.75, 3.05) is 88.3 Å². The fourth-order valence-corrected chi connectivity index (χ4v) is 14.9. The molecule has 1 amide bonds. The summed E-state index contributed by atoms with van der Waals surface area (Å²) in [6, 6.07) is 81.1. The number of piperazine rings is 3. The van der Waals surface area contributed by atoms with Gasteiger partial charge in [-0.1, -0.05) is 312 Å². The van der Waals surface area contributed by atoms with Crippen molar-refractivity contribution in [2.24, 2.45) is 0 Å². The molecule has 3 atom stereocenters. The number of fused-ring (bicyclic) bond motifs is 4. The van der Waals surface area contributed by atoms with Crippen molar-refractivity contribution in [1.82, 2.24) is 66.5 Å². The van der Waals surface area contributed by atoms with E-state index in [1.807, 2.05) is 192 Å². The number of hydrogen-bond acceptors (Lipinski definition) is 19. The Hall–Kier alpha value is -9.59. The first-order valence-corrected chi connectivity index (χ1v) is 42.8. The fraction of sp³-hybridized carbons (Fsp3) is 0.280. The highest BCUT2D eigenvalue weighted by atomic mass is 79.9. The van der Waals surface area contributed by atoms with Crippen LogP contribution < -0.4 is 25.8 Å². The lowest BCUT2D eigenvalue weighted by Gasteiger charge is -2.40. The molecule has 9 heterocycles. The minimum Gasteiger partial charge on any atom is -0.352 e. The minimum atomic E-state index is -0.375. The maximum absolute atomic E-state index is 12.8. The van der Waals surface area contributed by atoms with Crippen LogP contribution in [0.4, 0.5) is 11.6 Å². The van der Waals surface area contributed by atoms with E-state index in [1.54, 1.807) is 19.1 Å². The molecule has 3 unspecified atom stereocenters. The van der Waals surface area contributed by atoms with E-state index in [9.17, 15) is 14.4 Å². The molecule has 6 aromatic heterocycles. The molecule has 0 spiro atoms. The third kappa shape index (κ3) is 28.6. The van der Waals surface area contributed by atoms with Crippen LogP contribution in [0.15, 0.2) is 258 Å². The monoisotopic (exact) mass is 1760 g/mol. The highest BCUT2D eigenvalue weighted by molar-refractivity contribution is 9.10. The molecular weight excluding hydrogens is 1660 g/mol. The Morgan fingerprint density at radius 1 is 0.432 bits per heavy atom. The second-order valence-electron chi connectivity index (χ2n) is 27.0. The fourth-order valence-electron chi connectivity index (χ4n) is 12.6. The maximum Gasteiger partial charge on any atom is 0.264 e. The predicted molar refractivity (Wildman–Crippen MR) is 503 cm³/mol. The molecule has 0 saturated carbocycles. The molecule has 3 fully saturated rings. The number of thiophene rings is 2. The third-order valence-corrected chi connectivity index (χ3v) is 22.2. The van der Waals surface area contributed by atoms with Crippen molar-refractivity contribution >= 4 is 157 Å². The van der Waals surface area contributed by atoms with E-state index < -0.39 is 0 Å². The van der Waals surface area contributed by atoms with Crippen LogP contribution in [-0.4, -0.2) is 164 Å². The van der Waals surface area contributed by atoms with Gasteiger partial charge in [0.25, 0.3) is 11.1 Å². The van der Waals surface area contributed by atoms with E-state index in [4.69, 9.17) is 46.4 Å². The summed E-state index contributed by atoms with van der Waals surface area (Å²) >= 11 is 28.9. The van der Waals surface area contributed by atoms with Gasteiger partial charge in [0.2, 0.25) is 0 Å². The summed E-state index contributed by atoms with van der Waals surface area (Å²) in [5, 5.41) is 56.8. The van der Waals surface area contributed by atoms with Crippen molar-refractivity contribution in [3.05, 3.63) is 283 Å². The number of aromatic nitrogens is 8. The Morgan fingerprint density at radius 3 is 1.13 bits per heavy atom. The molecule has 3 aliphatic rings. The van der Waals surface area contributed by atoms with Crippen molar-refractivity contribution in [3.8, 4) is 33.8 Å². The summed E-state index contributed by atoms with van der Waals surface area (Å²) in [6.07, 6.45) is 0.667. The van der Waals surface area contributed by atoms with Crippen LogP contribution in [0.3, 0.4) is 0 Å². The number of carbonyl (C=O) groups excluding carboxylic acids is 3. The topological polar surface area (TPSA) is 203 Å². The first-order valence-electron chi connectivity index (χ1n) is 38.7. The van der Waals surface area contributed by atoms with E-state index in [2.05, 4.69) is 190 Å². The molecule has 3 aliphatic heterocycles. The Balaban J connectivity index is 0.000000195. The van der Waals surface area contributed by atoms with Crippen molar-refractivity contribution < 1.29 is 14.4 Å². The summed E-state index contributed by atoms with van der Waals surface area (Å²) in [7, 11) is 0. The molecule has 14 aromatic rings. The Kier molecular flexibility index (Phi) is 41.3. The summed E-state index contributed by atoms with van der Waals surface area (Å²) in [5.74, 6) is 2.26. The van der Waals surface area contributed by atoms with Gasteiger partial charge in [0.05, 0.1) is 9.75 Å². The molecule has 25 heteroatoms. The number of nitrogens with zero attached hydrogens (tertiary/aromatic N) is 12. The molecule has 8 aromatic carbocycles. The standard InChI is InChI=1S/C24H22N4OS.C19H20N4.C14H9ClN2.C8H4Cl2N2.C6H5Br.C6H15N.C5H3ClOS.C5H12N2.C4H8O.2CH4/c1-17-16-27(13-14-28(17)24(29)21-12-7-15-30-21)23-20-11-6-5-10-19(20)22(25-26-23)18-8-3-2-4-9-18;1-14-13-23(12-11-20-14)19-17-10-6-5-9-16(17)18(21-22-19)15-7-3-2-4-8-15;15-14-12-9-5-4-8-11(12)13(16-17-14)10-6-2-1-3-7-10;9-7-5-3-1-2-4-6(5)8(10)12-11-7;7-6-4-2-1-3-5-6;1-4-7(5-2)6-3;6-5(7)4-2-1-3-8-4;1-5-4-6-2-3-7-5;1-3-4(2)5;;/h2-12,15,17H,13-14,16H2,1H3;2-10,14,20H,11-13H2,1H3;1-9H;1-4H;1-5H;4-6H2,1-3H3;1-3H;5-7H,2-4H2,1H3;3H2,1-2H3;2*1H4. The van der Waals surface area contributed by atoms with Crippen LogP contribution in [-0.2, 0) is 4.79 Å². The number of benzene rings is 8. The third-order valence-electron chi connectivity index (χ3n) is 18.8. The summed E-state index contributed by atoms with van der Waals surface area (Å²) in [4.78, 5) is 43.3. The second kappa shape index (κ2) is 51.0. The second-order valence-corrected chi connectivity index (χ2v) is 31.2. The van der Waals surface area contributed by atoms with Gasteiger partial charge in [-0.3, -0.25) is 9.59 Å². The van der Waals surface area contributed by atoms with Crippen LogP contribution in [0.25, 0.3) is 76.9 Å². The molecule has 18 nitrogen and oxygen atoms in total. The van der Waals surface area contributed by atoms with Gasteiger partial charge in [-0.2, -0.15) is 0 Å². The van der Waals surface area contributed by atoms with Crippen molar-refractivity contribution in [2.45, 2.75) is 94.8 Å². The number of rotatable bonds is 11. The van der Waals surface area contributed by atoms with Gasteiger partial charge in [-0.15, -0.1) is 63.5 Å². The zero-order chi connectivity index (χ0) is 82.6. The van der Waals surface area contributed by atoms with Crippen LogP contribution >= 0.6 is 85.0 Å². The molecule has 118 heavy (non-hydrogen) atoms. The number of nitrogens with one attached hydrogen (secondary N) is 3. The van der Waals surface area contributed by atoms with Gasteiger partial charge in [-0.25, -0.2) is 0 Å². The number of Topliss-reactive ketones (excluding diaryl/α,β-unsaturated/α-hetero) is 1. The SMILES string of the molecule is Brc1ccccc1.C.C.CC1CN(c2nnc(-c3ccccc3)c3ccccc23)CCN1.CC1CN(c2nnc(-c3ccccc3)c3ccccc23)CCN1C(=O)c1cccs1.CC1CNCCN1.CCC(C)=O.CCN(CC)CC.Clc1nnc(-c2ccccc2)c2ccccc12.Clc1nnc(Cl)c2ccccc12.O=C(Cl)c1cccs1. The smallest absolute Gasteiger partial charge is 0.264 e. The van der Waals surface area contributed by atoms with Gasteiger partial charge in [0.1, 0.15) is 22.9 Å². The highest BCUT2D eigenvalue weighted by Gasteiger charge is 2.31. The van der Waals surface area contributed by atoms with Gasteiger partial charge in [-0.05, 0) is 94.0 Å². The molecule has 3 N–H and O–H groups in total. The quantitative estimate of drug-likeness (QED) is 0.103. The maximum atomic E-state index is 12.8. The lowest BCUT2D eigenvalue weighted by atomic mass is 10.0. The minimum absolute atomic E-state index is 0. The zero-order valence-corrected chi connectivity index (χ0v) is 72.7. The van der Waals surface area contributed by atoms with Crippen molar-refractivity contribution in [1.29, 1.82) is 0 Å². The Morgan fingerprint density at radius 2 is 0.797 bits per heavy atom. The largest absolute Gasteiger partial charge is 0.352 e. The lowest BCUT2D eigenvalue weighted by molar-refractivity contribution is -0.116. The molecule has 0 aliphatic carbocycles. The average molecular weight is 1770 g/mol. The van der Waals surface area contributed by atoms with Crippen LogP contribution in [0.5, 0.6) is 0 Å². The Bertz CT molecular complexity index is 5260. The van der Waals surface area contributed by atoms with Crippen molar-refractivity contribution in [3.63, 3.8) is 0 Å². The van der Waals surface area contributed by atoms with Gasteiger partial charge >= 0.3 is 0 Å². The molecule has 0 bridgehead atoms. The van der Waals surface area contributed by atoms with E-state index >= 15 is 0 Å². The van der Waals surface area contributed by atoms with Crippen LogP contribution in [0.2, 0.25) is 15.5 Å². The van der Waals surface area contributed by atoms with Gasteiger partial charge in [0, 0.05) is 148 Å². The van der Waals surface area contributed by atoms with Crippen LogP contribution in [0, 0.1) is 0 Å². The van der Waals surface area contributed by atoms with Gasteiger partial charge in [0.15, 0.2) is 27.1 Å². The number of anilines is 2. The number of hydrogen-bond donors (Lipinski definition) is 3. The Labute approximate surface area is 731 Å². The summed E-state index contributed by atoms with van der Waals surface area (Å²) < 4.78 is 1.13. The number of ketones is 1. The number of carbonyl (C=O) groups is 3. The normalized spacial score (nSPS) is 14.5. The van der Waals surface area contributed by atoms with Gasteiger partial charge < -0.3 is 40.3 Å². The summed E-state index contributed by atoms with van der Waals surface area (Å²) in [5.41, 5.74) is 5.94. The van der Waals surface area contributed by atoms with E-state index in [-0.39, 0.29) is 37.8 Å².